The largest absolute Gasteiger partial charge is 0.343 e. The molecule has 118 valence electrons. The zero-order valence-corrected chi connectivity index (χ0v) is 13.5. The molecule has 2 unspecified atom stereocenters. The Morgan fingerprint density at radius 2 is 1.71 bits per heavy atom. The molecule has 2 atom stereocenters. The second-order valence-corrected chi connectivity index (χ2v) is 7.70. The van der Waals surface area contributed by atoms with E-state index in [9.17, 15) is 9.59 Å². The first-order valence-corrected chi connectivity index (χ1v) is 8.58. The molecule has 1 heterocycles. The Kier molecular flexibility index (Phi) is 3.98. The average Bonchev–Trinajstić information content (AvgIpc) is 3.26. The minimum atomic E-state index is -0.312. The van der Waals surface area contributed by atoms with Gasteiger partial charge >= 0.3 is 0 Å². The number of hydrogen-bond acceptors (Lipinski definition) is 2. The van der Waals surface area contributed by atoms with Crippen LogP contribution in [0.3, 0.4) is 0 Å². The van der Waals surface area contributed by atoms with Crippen LogP contribution >= 0.6 is 0 Å². The zero-order valence-electron chi connectivity index (χ0n) is 13.5. The van der Waals surface area contributed by atoms with Crippen molar-refractivity contribution < 1.29 is 9.59 Å². The van der Waals surface area contributed by atoms with Gasteiger partial charge in [-0.2, -0.15) is 0 Å². The van der Waals surface area contributed by atoms with Crippen molar-refractivity contribution in [3.8, 4) is 0 Å². The molecule has 0 aromatic heterocycles. The first-order chi connectivity index (χ1) is 9.97. The summed E-state index contributed by atoms with van der Waals surface area (Å²) in [4.78, 5) is 26.8. The van der Waals surface area contributed by atoms with Crippen molar-refractivity contribution in [1.82, 2.24) is 10.2 Å². The Hall–Kier alpha value is -1.06. The summed E-state index contributed by atoms with van der Waals surface area (Å²) in [5.41, 5.74) is 0. The van der Waals surface area contributed by atoms with Gasteiger partial charge in [-0.25, -0.2) is 0 Å². The molecule has 3 aliphatic rings. The standard InChI is InChI=1S/C17H28N2O2/c1-10(2)8-15-17(21)19(11(3)16(20)18-15)9-14(12-4-5-12)13-6-7-13/h10-15H,4-9H2,1-3H3,(H,18,20). The summed E-state index contributed by atoms with van der Waals surface area (Å²) >= 11 is 0. The Morgan fingerprint density at radius 3 is 2.19 bits per heavy atom. The van der Waals surface area contributed by atoms with Crippen LogP contribution in [0.15, 0.2) is 0 Å². The monoisotopic (exact) mass is 292 g/mol. The van der Waals surface area contributed by atoms with Gasteiger partial charge in [0.25, 0.3) is 0 Å². The van der Waals surface area contributed by atoms with Gasteiger partial charge in [-0.3, -0.25) is 9.59 Å². The van der Waals surface area contributed by atoms with Gasteiger partial charge < -0.3 is 10.2 Å². The van der Waals surface area contributed by atoms with Gasteiger partial charge in [0.1, 0.15) is 12.1 Å². The molecular weight excluding hydrogens is 264 g/mol. The Morgan fingerprint density at radius 1 is 1.14 bits per heavy atom. The highest BCUT2D eigenvalue weighted by Crippen LogP contribution is 2.49. The minimum Gasteiger partial charge on any atom is -0.343 e. The normalized spacial score (nSPS) is 30.2. The van der Waals surface area contributed by atoms with Crippen LogP contribution in [0.5, 0.6) is 0 Å². The van der Waals surface area contributed by atoms with Gasteiger partial charge in [0.2, 0.25) is 11.8 Å². The Bertz CT molecular complexity index is 415. The summed E-state index contributed by atoms with van der Waals surface area (Å²) in [6, 6.07) is -0.617. The highest BCUT2D eigenvalue weighted by atomic mass is 16.2. The number of nitrogens with zero attached hydrogens (tertiary/aromatic N) is 1. The number of amides is 2. The molecule has 2 saturated carbocycles. The van der Waals surface area contributed by atoms with E-state index >= 15 is 0 Å². The lowest BCUT2D eigenvalue weighted by Crippen LogP contribution is -2.63. The predicted octanol–water partition coefficient (Wildman–Crippen LogP) is 2.18. The molecule has 3 fully saturated rings. The van der Waals surface area contributed by atoms with Crippen LogP contribution in [0.25, 0.3) is 0 Å². The lowest BCUT2D eigenvalue weighted by atomic mass is 9.93. The predicted molar refractivity (Wildman–Crippen MR) is 81.5 cm³/mol. The van der Waals surface area contributed by atoms with Gasteiger partial charge in [-0.15, -0.1) is 0 Å². The molecule has 1 aliphatic heterocycles. The van der Waals surface area contributed by atoms with Gasteiger partial charge in [-0.05, 0) is 62.7 Å². The summed E-state index contributed by atoms with van der Waals surface area (Å²) < 4.78 is 0. The highest BCUT2D eigenvalue weighted by molar-refractivity contribution is 5.96. The summed E-state index contributed by atoms with van der Waals surface area (Å²) in [6.07, 6.45) is 6.02. The van der Waals surface area contributed by atoms with Crippen molar-refractivity contribution in [3.05, 3.63) is 0 Å². The van der Waals surface area contributed by atoms with Crippen molar-refractivity contribution in [3.63, 3.8) is 0 Å². The molecule has 0 aromatic carbocycles. The van der Waals surface area contributed by atoms with Crippen LogP contribution in [0, 0.1) is 23.7 Å². The summed E-state index contributed by atoms with van der Waals surface area (Å²) in [7, 11) is 0. The third kappa shape index (κ3) is 3.24. The van der Waals surface area contributed by atoms with Crippen molar-refractivity contribution in [1.29, 1.82) is 0 Å². The lowest BCUT2D eigenvalue weighted by molar-refractivity contribution is -0.150. The van der Waals surface area contributed by atoms with Gasteiger partial charge in [0.15, 0.2) is 0 Å². The number of carbonyl (C=O) groups is 2. The van der Waals surface area contributed by atoms with Gasteiger partial charge in [0, 0.05) is 6.54 Å². The molecule has 1 N–H and O–H groups in total. The first kappa shape index (κ1) is 14.9. The summed E-state index contributed by atoms with van der Waals surface area (Å²) in [6.45, 7) is 6.87. The number of carbonyl (C=O) groups excluding carboxylic acids is 2. The average molecular weight is 292 g/mol. The maximum Gasteiger partial charge on any atom is 0.245 e. The van der Waals surface area contributed by atoms with Crippen LogP contribution in [0.1, 0.15) is 52.9 Å². The molecule has 21 heavy (non-hydrogen) atoms. The highest BCUT2D eigenvalue weighted by Gasteiger charge is 2.46. The van der Waals surface area contributed by atoms with E-state index in [0.29, 0.717) is 11.8 Å². The second kappa shape index (κ2) is 5.62. The lowest BCUT2D eigenvalue weighted by Gasteiger charge is -2.40. The molecule has 0 bridgehead atoms. The zero-order chi connectivity index (χ0) is 15.1. The maximum atomic E-state index is 12.7. The number of nitrogens with one attached hydrogen (secondary N) is 1. The van der Waals surface area contributed by atoms with Crippen LogP contribution in [0.2, 0.25) is 0 Å². The second-order valence-electron chi connectivity index (χ2n) is 7.70. The van der Waals surface area contributed by atoms with E-state index in [1.807, 2.05) is 11.8 Å². The fourth-order valence-electron chi connectivity index (χ4n) is 3.72. The molecule has 4 heteroatoms. The van der Waals surface area contributed by atoms with E-state index in [-0.39, 0.29) is 23.9 Å². The Balaban J connectivity index is 1.70. The SMILES string of the molecule is CC(C)CC1NC(=O)C(C)N(CC(C2CC2)C2CC2)C1=O. The molecule has 1 saturated heterocycles. The molecule has 2 aliphatic carbocycles. The maximum absolute atomic E-state index is 12.7. The van der Waals surface area contributed by atoms with E-state index in [1.165, 1.54) is 25.7 Å². The van der Waals surface area contributed by atoms with E-state index in [4.69, 9.17) is 0 Å². The number of rotatable bonds is 6. The van der Waals surface area contributed by atoms with Crippen LogP contribution in [-0.4, -0.2) is 35.3 Å². The van der Waals surface area contributed by atoms with Crippen molar-refractivity contribution in [2.45, 2.75) is 65.0 Å². The molecule has 0 spiro atoms. The fourth-order valence-corrected chi connectivity index (χ4v) is 3.72. The summed E-state index contributed by atoms with van der Waals surface area (Å²) in [5.74, 6) is 2.84. The Labute approximate surface area is 127 Å². The molecule has 0 aromatic rings. The van der Waals surface area contributed by atoms with Crippen LogP contribution in [0.4, 0.5) is 0 Å². The molecule has 0 radical (unpaired) electrons. The van der Waals surface area contributed by atoms with E-state index in [2.05, 4.69) is 19.2 Å². The quantitative estimate of drug-likeness (QED) is 0.816. The van der Waals surface area contributed by atoms with E-state index < -0.39 is 0 Å². The minimum absolute atomic E-state index is 0.0191. The third-order valence-electron chi connectivity index (χ3n) is 5.31. The number of piperazine rings is 1. The molecule has 3 rings (SSSR count). The van der Waals surface area contributed by atoms with Crippen molar-refractivity contribution in [2.24, 2.45) is 23.7 Å². The molecule has 4 nitrogen and oxygen atoms in total. The van der Waals surface area contributed by atoms with Crippen molar-refractivity contribution in [2.75, 3.05) is 6.54 Å². The summed E-state index contributed by atoms with van der Waals surface area (Å²) in [5, 5.41) is 2.91. The van der Waals surface area contributed by atoms with E-state index in [0.717, 1.165) is 24.8 Å². The molecular formula is C17H28N2O2. The van der Waals surface area contributed by atoms with Gasteiger partial charge in [-0.1, -0.05) is 13.8 Å². The van der Waals surface area contributed by atoms with Crippen LogP contribution < -0.4 is 5.32 Å². The topological polar surface area (TPSA) is 49.4 Å². The van der Waals surface area contributed by atoms with Crippen LogP contribution in [-0.2, 0) is 9.59 Å². The van der Waals surface area contributed by atoms with E-state index in [1.54, 1.807) is 0 Å². The fraction of sp³-hybridized carbons (Fsp3) is 0.882. The first-order valence-electron chi connectivity index (χ1n) is 8.58. The van der Waals surface area contributed by atoms with Crippen molar-refractivity contribution >= 4 is 11.8 Å². The third-order valence-corrected chi connectivity index (χ3v) is 5.31. The number of hydrogen-bond donors (Lipinski definition) is 1. The smallest absolute Gasteiger partial charge is 0.245 e. The molecule has 2 amide bonds. The van der Waals surface area contributed by atoms with Gasteiger partial charge in [0.05, 0.1) is 0 Å².